The molecule has 5 heteroatoms. The third-order valence-electron chi connectivity index (χ3n) is 4.57. The number of carbonyl (C=O) groups excluding carboxylic acids is 1. The van der Waals surface area contributed by atoms with E-state index in [0.29, 0.717) is 12.1 Å². The van der Waals surface area contributed by atoms with Gasteiger partial charge in [-0.05, 0) is 31.5 Å². The summed E-state index contributed by atoms with van der Waals surface area (Å²) in [4.78, 5) is 14.7. The molecule has 2 saturated heterocycles. The predicted molar refractivity (Wildman–Crippen MR) is 73.9 cm³/mol. The zero-order valence-electron chi connectivity index (χ0n) is 11.6. The quantitative estimate of drug-likeness (QED) is 0.857. The van der Waals surface area contributed by atoms with Gasteiger partial charge in [0.15, 0.2) is 0 Å². The highest BCUT2D eigenvalue weighted by atomic mass is 19.1. The van der Waals surface area contributed by atoms with Crippen LogP contribution in [0, 0.1) is 11.7 Å². The Labute approximate surface area is 117 Å². The van der Waals surface area contributed by atoms with Gasteiger partial charge in [-0.1, -0.05) is 12.1 Å². The van der Waals surface area contributed by atoms with Gasteiger partial charge >= 0.3 is 5.97 Å². The second-order valence-corrected chi connectivity index (χ2v) is 5.60. The lowest BCUT2D eigenvalue weighted by atomic mass is 9.78. The van der Waals surface area contributed by atoms with Crippen LogP contribution in [0.2, 0.25) is 0 Å². The highest BCUT2D eigenvalue weighted by Gasteiger charge is 2.52. The van der Waals surface area contributed by atoms with Crippen LogP contribution in [-0.2, 0) is 9.53 Å². The first-order valence-corrected chi connectivity index (χ1v) is 6.99. The maximum Gasteiger partial charge on any atom is 0.331 e. The number of benzene rings is 1. The summed E-state index contributed by atoms with van der Waals surface area (Å²) in [6.45, 7) is 2.71. The molecule has 20 heavy (non-hydrogen) atoms. The normalized spacial score (nSPS) is 31.9. The van der Waals surface area contributed by atoms with Crippen molar-refractivity contribution in [1.82, 2.24) is 4.90 Å². The molecule has 0 aromatic heterocycles. The second-order valence-electron chi connectivity index (χ2n) is 5.60. The van der Waals surface area contributed by atoms with Gasteiger partial charge in [0.25, 0.3) is 0 Å². The van der Waals surface area contributed by atoms with Gasteiger partial charge in [-0.25, -0.2) is 9.18 Å². The number of hydrogen-bond donors (Lipinski definition) is 1. The average molecular weight is 278 g/mol. The van der Waals surface area contributed by atoms with Crippen LogP contribution >= 0.6 is 0 Å². The number of esters is 1. The van der Waals surface area contributed by atoms with E-state index in [0.717, 1.165) is 26.1 Å². The topological polar surface area (TPSA) is 41.6 Å². The van der Waals surface area contributed by atoms with Crippen LogP contribution in [0.3, 0.4) is 0 Å². The summed E-state index contributed by atoms with van der Waals surface area (Å²) < 4.78 is 18.9. The Morgan fingerprint density at radius 3 is 3.00 bits per heavy atom. The molecule has 2 aliphatic rings. The van der Waals surface area contributed by atoms with Crippen molar-refractivity contribution in [3.63, 3.8) is 0 Å². The molecule has 1 aromatic carbocycles. The van der Waals surface area contributed by atoms with Gasteiger partial charge in [-0.3, -0.25) is 0 Å². The number of piperidine rings is 1. The maximum absolute atomic E-state index is 13.9. The molecule has 0 spiro atoms. The lowest BCUT2D eigenvalue weighted by molar-refractivity contribution is -0.149. The molecule has 108 valence electrons. The molecule has 3 atom stereocenters. The van der Waals surface area contributed by atoms with Crippen LogP contribution in [0.1, 0.15) is 12.8 Å². The Balaban J connectivity index is 1.94. The highest BCUT2D eigenvalue weighted by Crippen LogP contribution is 2.39. The van der Waals surface area contributed by atoms with E-state index in [2.05, 4.69) is 10.2 Å². The first-order valence-electron chi connectivity index (χ1n) is 6.99. The fourth-order valence-corrected chi connectivity index (χ4v) is 3.45. The zero-order chi connectivity index (χ0) is 14.2. The fraction of sp³-hybridized carbons (Fsp3) is 0.533. The van der Waals surface area contributed by atoms with Crippen LogP contribution in [0.5, 0.6) is 0 Å². The van der Waals surface area contributed by atoms with E-state index in [-0.39, 0.29) is 17.7 Å². The van der Waals surface area contributed by atoms with Crippen molar-refractivity contribution < 1.29 is 13.9 Å². The smallest absolute Gasteiger partial charge is 0.331 e. The van der Waals surface area contributed by atoms with Gasteiger partial charge < -0.3 is 15.0 Å². The minimum atomic E-state index is -0.802. The third-order valence-corrected chi connectivity index (χ3v) is 4.57. The van der Waals surface area contributed by atoms with E-state index >= 15 is 0 Å². The molecule has 0 aliphatic carbocycles. The van der Waals surface area contributed by atoms with E-state index in [4.69, 9.17) is 4.74 Å². The number of rotatable bonds is 3. The molecule has 1 aromatic rings. The molecule has 2 bridgehead atoms. The van der Waals surface area contributed by atoms with Crippen molar-refractivity contribution in [2.45, 2.75) is 18.4 Å². The van der Waals surface area contributed by atoms with Crippen molar-refractivity contribution in [2.75, 3.05) is 32.1 Å². The van der Waals surface area contributed by atoms with Crippen molar-refractivity contribution in [2.24, 2.45) is 5.92 Å². The maximum atomic E-state index is 13.9. The Morgan fingerprint density at radius 1 is 1.45 bits per heavy atom. The van der Waals surface area contributed by atoms with E-state index in [1.807, 2.05) is 0 Å². The number of ether oxygens (including phenoxy) is 1. The van der Waals surface area contributed by atoms with Crippen molar-refractivity contribution >= 4 is 11.7 Å². The number of halogens is 1. The first-order chi connectivity index (χ1) is 9.65. The lowest BCUT2D eigenvalue weighted by Gasteiger charge is -2.41. The van der Waals surface area contributed by atoms with E-state index in [1.54, 1.807) is 18.2 Å². The molecule has 4 nitrogen and oxygen atoms in total. The van der Waals surface area contributed by atoms with Crippen LogP contribution in [0.4, 0.5) is 10.1 Å². The number of fused-ring (bicyclic) bond motifs is 2. The molecule has 2 fully saturated rings. The second kappa shape index (κ2) is 5.05. The van der Waals surface area contributed by atoms with Crippen molar-refractivity contribution in [3.8, 4) is 0 Å². The highest BCUT2D eigenvalue weighted by molar-refractivity contribution is 5.85. The number of nitrogens with one attached hydrogen (secondary N) is 1. The lowest BCUT2D eigenvalue weighted by Crippen LogP contribution is -2.58. The molecule has 2 aliphatic heterocycles. The van der Waals surface area contributed by atoms with Crippen LogP contribution in [-0.4, -0.2) is 43.2 Å². The molecule has 0 radical (unpaired) electrons. The standard InChI is InChI=1S/C15H19FN2O2/c1-20-14(19)15(7-9-18-8-6-11(15)10-18)17-13-5-3-2-4-12(13)16/h2-5,11,17H,6-10H2,1H3. The molecule has 0 amide bonds. The molecule has 1 N–H and O–H groups in total. The number of hydrogen-bond acceptors (Lipinski definition) is 4. The summed E-state index contributed by atoms with van der Waals surface area (Å²) in [6, 6.07) is 6.47. The Morgan fingerprint density at radius 2 is 2.25 bits per heavy atom. The SMILES string of the molecule is COC(=O)C1(Nc2ccccc2F)CCN2CCC1C2. The van der Waals surface area contributed by atoms with Gasteiger partial charge in [0.1, 0.15) is 11.4 Å². The Hall–Kier alpha value is -1.62. The fourth-order valence-electron chi connectivity index (χ4n) is 3.45. The Bertz CT molecular complexity index is 522. The summed E-state index contributed by atoms with van der Waals surface area (Å²) in [5.74, 6) is -0.452. The number of para-hydroxylation sites is 1. The number of methoxy groups -OCH3 is 1. The van der Waals surface area contributed by atoms with E-state index in [9.17, 15) is 9.18 Å². The van der Waals surface area contributed by atoms with Gasteiger partial charge in [0.2, 0.25) is 0 Å². The number of nitrogens with zero attached hydrogens (tertiary/aromatic N) is 1. The molecule has 0 saturated carbocycles. The summed E-state index contributed by atoms with van der Waals surface area (Å²) in [5, 5.41) is 3.16. The van der Waals surface area contributed by atoms with Crippen molar-refractivity contribution in [1.29, 1.82) is 0 Å². The minimum Gasteiger partial charge on any atom is -0.467 e. The van der Waals surface area contributed by atoms with Crippen LogP contribution in [0.15, 0.2) is 24.3 Å². The van der Waals surface area contributed by atoms with Crippen molar-refractivity contribution in [3.05, 3.63) is 30.1 Å². The number of carbonyl (C=O) groups is 1. The van der Waals surface area contributed by atoms with E-state index < -0.39 is 5.54 Å². The van der Waals surface area contributed by atoms with Gasteiger partial charge in [-0.15, -0.1) is 0 Å². The van der Waals surface area contributed by atoms with Crippen LogP contribution in [0.25, 0.3) is 0 Å². The summed E-state index contributed by atoms with van der Waals surface area (Å²) in [6.07, 6.45) is 1.59. The average Bonchev–Trinajstić information content (AvgIpc) is 2.88. The van der Waals surface area contributed by atoms with Gasteiger partial charge in [0.05, 0.1) is 12.8 Å². The van der Waals surface area contributed by atoms with Gasteiger partial charge in [-0.2, -0.15) is 0 Å². The number of anilines is 1. The summed E-state index contributed by atoms with van der Waals surface area (Å²) >= 11 is 0. The zero-order valence-corrected chi connectivity index (χ0v) is 11.6. The molecule has 3 rings (SSSR count). The summed E-state index contributed by atoms with van der Waals surface area (Å²) in [5.41, 5.74) is -0.428. The summed E-state index contributed by atoms with van der Waals surface area (Å²) in [7, 11) is 1.40. The first kappa shape index (κ1) is 13.4. The van der Waals surface area contributed by atoms with Gasteiger partial charge in [0, 0.05) is 19.0 Å². The molecule has 2 heterocycles. The molecule has 3 unspecified atom stereocenters. The molecular formula is C15H19FN2O2. The Kier molecular flexibility index (Phi) is 3.38. The van der Waals surface area contributed by atoms with E-state index in [1.165, 1.54) is 13.2 Å². The largest absolute Gasteiger partial charge is 0.467 e. The van der Waals surface area contributed by atoms with Crippen LogP contribution < -0.4 is 5.32 Å². The minimum absolute atomic E-state index is 0.170. The molecular weight excluding hydrogens is 259 g/mol. The third kappa shape index (κ3) is 2.06. The monoisotopic (exact) mass is 278 g/mol. The predicted octanol–water partition coefficient (Wildman–Crippen LogP) is 1.87.